The van der Waals surface area contributed by atoms with Gasteiger partial charge in [0.05, 0.1) is 17.3 Å². The van der Waals surface area contributed by atoms with Crippen molar-refractivity contribution in [2.24, 2.45) is 0 Å². The van der Waals surface area contributed by atoms with Gasteiger partial charge in [-0.25, -0.2) is 9.78 Å². The van der Waals surface area contributed by atoms with Crippen molar-refractivity contribution in [3.8, 4) is 0 Å². The minimum absolute atomic E-state index is 0.302. The number of fused-ring (bicyclic) bond motifs is 2. The number of aromatic amines is 1. The van der Waals surface area contributed by atoms with Gasteiger partial charge in [0, 0.05) is 59.8 Å². The van der Waals surface area contributed by atoms with Crippen molar-refractivity contribution in [3.63, 3.8) is 0 Å². The first-order chi connectivity index (χ1) is 18.3. The molecule has 0 atom stereocenters. The Balaban J connectivity index is 1.24. The van der Waals surface area contributed by atoms with E-state index in [1.807, 2.05) is 0 Å². The molecule has 38 heavy (non-hydrogen) atoms. The number of hydrogen-bond acceptors (Lipinski definition) is 7. The number of ether oxygens (including phenoxy) is 1. The molecule has 0 radical (unpaired) electrons. The van der Waals surface area contributed by atoms with Crippen LogP contribution in [0.15, 0.2) is 12.1 Å². The molecule has 0 amide bonds. The van der Waals surface area contributed by atoms with E-state index in [0.717, 1.165) is 66.8 Å². The summed E-state index contributed by atoms with van der Waals surface area (Å²) in [6, 6.07) is 4.17. The first-order valence-electron chi connectivity index (χ1n) is 13.6. The molecule has 2 aliphatic carbocycles. The molecule has 3 aromatic rings. The van der Waals surface area contributed by atoms with Crippen molar-refractivity contribution >= 4 is 51.8 Å². The van der Waals surface area contributed by atoms with Crippen LogP contribution in [0, 0.1) is 0 Å². The van der Waals surface area contributed by atoms with Crippen LogP contribution in [0.5, 0.6) is 0 Å². The molecule has 0 spiro atoms. The quantitative estimate of drug-likeness (QED) is 0.296. The highest BCUT2D eigenvalue weighted by molar-refractivity contribution is 6.39. The van der Waals surface area contributed by atoms with Gasteiger partial charge in [0.15, 0.2) is 0 Å². The standard InChI is InChI=1S/C28H36Cl2N6O2/c1-4-38-27(37)25-20(24-21(30)13-16(29)14-23(24)33-25)15-31-17-9-11-18(12-10-17)32-28-34-22-8-6-5-7-19(22)26(35-28)36(2)3/h13-14,17-18,31,33H,4-12,15H2,1-3H3,(H,32,34,35)/t17-,18+. The number of rotatable bonds is 8. The average molecular weight is 560 g/mol. The second kappa shape index (κ2) is 11.7. The lowest BCUT2D eigenvalue weighted by atomic mass is 9.91. The lowest BCUT2D eigenvalue weighted by molar-refractivity contribution is 0.0519. The monoisotopic (exact) mass is 558 g/mol. The van der Waals surface area contributed by atoms with Crippen LogP contribution in [0.25, 0.3) is 10.9 Å². The number of halogens is 2. The molecule has 1 aromatic carbocycles. The van der Waals surface area contributed by atoms with Gasteiger partial charge in [-0.15, -0.1) is 0 Å². The fourth-order valence-corrected chi connectivity index (χ4v) is 6.36. The van der Waals surface area contributed by atoms with Crippen LogP contribution in [-0.2, 0) is 24.1 Å². The summed E-state index contributed by atoms with van der Waals surface area (Å²) in [5.41, 5.74) is 4.48. The Morgan fingerprint density at radius 2 is 1.84 bits per heavy atom. The molecule has 1 saturated carbocycles. The highest BCUT2D eigenvalue weighted by atomic mass is 35.5. The van der Waals surface area contributed by atoms with E-state index in [2.05, 4.69) is 34.6 Å². The molecule has 0 aliphatic heterocycles. The predicted molar refractivity (Wildman–Crippen MR) is 154 cm³/mol. The third-order valence-electron chi connectivity index (χ3n) is 7.61. The maximum atomic E-state index is 12.7. The van der Waals surface area contributed by atoms with Crippen LogP contribution >= 0.6 is 23.2 Å². The van der Waals surface area contributed by atoms with Crippen LogP contribution in [0.3, 0.4) is 0 Å². The maximum absolute atomic E-state index is 12.7. The summed E-state index contributed by atoms with van der Waals surface area (Å²) in [5.74, 6) is 1.41. The Bertz CT molecular complexity index is 1320. The molecule has 3 N–H and O–H groups in total. The van der Waals surface area contributed by atoms with E-state index in [-0.39, 0.29) is 5.97 Å². The third-order valence-corrected chi connectivity index (χ3v) is 8.13. The molecule has 1 fully saturated rings. The topological polar surface area (TPSA) is 95.2 Å². The lowest BCUT2D eigenvalue weighted by Gasteiger charge is -2.30. The van der Waals surface area contributed by atoms with E-state index in [0.29, 0.717) is 41.0 Å². The summed E-state index contributed by atoms with van der Waals surface area (Å²) in [6.07, 6.45) is 8.56. The Morgan fingerprint density at radius 1 is 1.11 bits per heavy atom. The SMILES string of the molecule is CCOC(=O)c1[nH]c2cc(Cl)cc(Cl)c2c1CN[C@H]1CC[C@@H](Nc2nc3c(c(N(C)C)n2)CCCC3)CC1. The van der Waals surface area contributed by atoms with Gasteiger partial charge in [0.25, 0.3) is 0 Å². The van der Waals surface area contributed by atoms with E-state index >= 15 is 0 Å². The Morgan fingerprint density at radius 3 is 2.58 bits per heavy atom. The number of esters is 1. The van der Waals surface area contributed by atoms with Crippen LogP contribution in [0.1, 0.15) is 72.8 Å². The molecule has 204 valence electrons. The predicted octanol–water partition coefficient (Wildman–Crippen LogP) is 5.90. The van der Waals surface area contributed by atoms with Crippen molar-refractivity contribution in [2.45, 2.75) is 76.9 Å². The van der Waals surface area contributed by atoms with E-state index < -0.39 is 0 Å². The summed E-state index contributed by atoms with van der Waals surface area (Å²) in [7, 11) is 4.11. The van der Waals surface area contributed by atoms with Crippen LogP contribution in [-0.4, -0.2) is 53.7 Å². The van der Waals surface area contributed by atoms with Gasteiger partial charge < -0.3 is 25.3 Å². The number of anilines is 2. The van der Waals surface area contributed by atoms with Gasteiger partial charge in [-0.2, -0.15) is 4.98 Å². The lowest BCUT2D eigenvalue weighted by Crippen LogP contribution is -2.37. The number of aryl methyl sites for hydroxylation is 1. The zero-order valence-corrected chi connectivity index (χ0v) is 23.8. The second-order valence-corrected chi connectivity index (χ2v) is 11.3. The second-order valence-electron chi connectivity index (χ2n) is 10.5. The number of carbonyl (C=O) groups is 1. The Hall–Kier alpha value is -2.55. The number of benzene rings is 1. The van der Waals surface area contributed by atoms with Gasteiger partial charge in [-0.05, 0) is 70.4 Å². The van der Waals surface area contributed by atoms with E-state index in [1.54, 1.807) is 19.1 Å². The first-order valence-corrected chi connectivity index (χ1v) is 14.3. The maximum Gasteiger partial charge on any atom is 0.355 e. The van der Waals surface area contributed by atoms with Gasteiger partial charge in [0.1, 0.15) is 11.5 Å². The van der Waals surface area contributed by atoms with Crippen molar-refractivity contribution in [2.75, 3.05) is 30.9 Å². The largest absolute Gasteiger partial charge is 0.461 e. The molecule has 2 aromatic heterocycles. The van der Waals surface area contributed by atoms with Crippen LogP contribution < -0.4 is 15.5 Å². The zero-order chi connectivity index (χ0) is 26.8. The number of hydrogen-bond donors (Lipinski definition) is 3. The summed E-state index contributed by atoms with van der Waals surface area (Å²) >= 11 is 12.7. The minimum atomic E-state index is -0.386. The summed E-state index contributed by atoms with van der Waals surface area (Å²) in [6.45, 7) is 2.61. The molecular formula is C28H36Cl2N6O2. The Kier molecular flexibility index (Phi) is 8.31. The molecule has 8 nitrogen and oxygen atoms in total. The molecular weight excluding hydrogens is 523 g/mol. The zero-order valence-electron chi connectivity index (χ0n) is 22.3. The van der Waals surface area contributed by atoms with Crippen molar-refractivity contribution in [3.05, 3.63) is 44.7 Å². The first kappa shape index (κ1) is 27.0. The molecule has 0 bridgehead atoms. The van der Waals surface area contributed by atoms with Crippen molar-refractivity contribution < 1.29 is 9.53 Å². The molecule has 5 rings (SSSR count). The van der Waals surface area contributed by atoms with Gasteiger partial charge >= 0.3 is 5.97 Å². The highest BCUT2D eigenvalue weighted by Crippen LogP contribution is 2.34. The van der Waals surface area contributed by atoms with Gasteiger partial charge in [-0.3, -0.25) is 0 Å². The number of nitrogens with one attached hydrogen (secondary N) is 3. The fraction of sp³-hybridized carbons (Fsp3) is 0.536. The van der Waals surface area contributed by atoms with E-state index in [4.69, 9.17) is 37.9 Å². The van der Waals surface area contributed by atoms with Crippen molar-refractivity contribution in [1.82, 2.24) is 20.3 Å². The number of aromatic nitrogens is 3. The van der Waals surface area contributed by atoms with Gasteiger partial charge in [0.2, 0.25) is 5.95 Å². The normalized spacial score (nSPS) is 19.3. The molecule has 10 heteroatoms. The minimum Gasteiger partial charge on any atom is -0.461 e. The fourth-order valence-electron chi connectivity index (χ4n) is 5.75. The molecule has 0 saturated heterocycles. The highest BCUT2D eigenvalue weighted by Gasteiger charge is 2.26. The molecule has 2 aliphatic rings. The third kappa shape index (κ3) is 5.72. The molecule has 0 unspecified atom stereocenters. The van der Waals surface area contributed by atoms with E-state index in [1.165, 1.54) is 24.1 Å². The Labute approximate surface area is 233 Å². The van der Waals surface area contributed by atoms with Gasteiger partial charge in [-0.1, -0.05) is 23.2 Å². The van der Waals surface area contributed by atoms with Crippen LogP contribution in [0.4, 0.5) is 11.8 Å². The number of nitrogens with zero attached hydrogens (tertiary/aromatic N) is 3. The summed E-state index contributed by atoms with van der Waals surface area (Å²) in [4.78, 5) is 27.7. The summed E-state index contributed by atoms with van der Waals surface area (Å²) < 4.78 is 5.29. The summed E-state index contributed by atoms with van der Waals surface area (Å²) in [5, 5.41) is 9.13. The van der Waals surface area contributed by atoms with Crippen molar-refractivity contribution in [1.29, 1.82) is 0 Å². The average Bonchev–Trinajstić information content (AvgIpc) is 3.26. The number of carbonyl (C=O) groups excluding carboxylic acids is 1. The van der Waals surface area contributed by atoms with E-state index in [9.17, 15) is 4.79 Å². The smallest absolute Gasteiger partial charge is 0.355 e. The molecule has 2 heterocycles. The number of H-pyrrole nitrogens is 1. The van der Waals surface area contributed by atoms with Crippen LogP contribution in [0.2, 0.25) is 10.0 Å².